The lowest BCUT2D eigenvalue weighted by Gasteiger charge is -2.24. The first kappa shape index (κ1) is 22.9. The molecule has 0 spiro atoms. The van der Waals surface area contributed by atoms with Crippen molar-refractivity contribution in [2.45, 2.75) is 13.3 Å². The normalized spacial score (nSPS) is 10.9. The van der Waals surface area contributed by atoms with Crippen molar-refractivity contribution in [1.82, 2.24) is 19.9 Å². The number of nitrogens with zero attached hydrogens (tertiary/aromatic N) is 4. The standard InChI is InChI=1S/C22H18ClFN6O4/c1-11-15(23)8-13(5-6-25-19-17-20(27-9-26-17)29-10-28-19)16(12-3-2-4-14(24)7-12)18(11)30(21(31)32)22(33)34/h2-4,7-10H,5-6H2,1H3,(H,31,32)(H,33,34)(H2,25,26,27,28,29). The summed E-state index contributed by atoms with van der Waals surface area (Å²) < 4.78 is 14.1. The van der Waals surface area contributed by atoms with Crippen LogP contribution in [0.5, 0.6) is 0 Å². The van der Waals surface area contributed by atoms with Crippen molar-refractivity contribution in [3.8, 4) is 11.1 Å². The minimum Gasteiger partial charge on any atom is -0.464 e. The maximum atomic E-state index is 14.1. The maximum Gasteiger partial charge on any atom is 0.421 e. The smallest absolute Gasteiger partial charge is 0.421 e. The number of amides is 2. The van der Waals surface area contributed by atoms with Crippen LogP contribution in [0.1, 0.15) is 11.1 Å². The van der Waals surface area contributed by atoms with Crippen LogP contribution in [-0.2, 0) is 6.42 Å². The number of aromatic nitrogens is 4. The molecular weight excluding hydrogens is 467 g/mol. The number of anilines is 2. The molecule has 0 fully saturated rings. The maximum absolute atomic E-state index is 14.1. The highest BCUT2D eigenvalue weighted by Gasteiger charge is 2.30. The summed E-state index contributed by atoms with van der Waals surface area (Å²) in [5.74, 6) is -0.0751. The number of aromatic amines is 1. The predicted octanol–water partition coefficient (Wildman–Crippen LogP) is 4.94. The molecule has 10 nitrogen and oxygen atoms in total. The number of imide groups is 1. The van der Waals surface area contributed by atoms with Crippen LogP contribution in [0, 0.1) is 12.7 Å². The summed E-state index contributed by atoms with van der Waals surface area (Å²) in [5.41, 5.74) is 2.26. The first-order valence-electron chi connectivity index (χ1n) is 9.99. The largest absolute Gasteiger partial charge is 0.464 e. The highest BCUT2D eigenvalue weighted by atomic mass is 35.5. The summed E-state index contributed by atoms with van der Waals surface area (Å²) in [4.78, 5) is 39.2. The molecule has 0 bridgehead atoms. The van der Waals surface area contributed by atoms with Gasteiger partial charge in [-0.2, -0.15) is 4.90 Å². The average molecular weight is 485 g/mol. The van der Waals surface area contributed by atoms with E-state index in [1.807, 2.05) is 0 Å². The van der Waals surface area contributed by atoms with Gasteiger partial charge in [-0.05, 0) is 48.2 Å². The molecule has 12 heteroatoms. The fraction of sp³-hybridized carbons (Fsp3) is 0.136. The van der Waals surface area contributed by atoms with Crippen molar-refractivity contribution >= 4 is 46.5 Å². The van der Waals surface area contributed by atoms with Gasteiger partial charge in [0.05, 0.1) is 12.0 Å². The van der Waals surface area contributed by atoms with E-state index < -0.39 is 18.0 Å². The van der Waals surface area contributed by atoms with E-state index in [-0.39, 0.29) is 33.2 Å². The van der Waals surface area contributed by atoms with E-state index in [4.69, 9.17) is 11.6 Å². The monoisotopic (exact) mass is 484 g/mol. The van der Waals surface area contributed by atoms with E-state index in [9.17, 15) is 24.2 Å². The van der Waals surface area contributed by atoms with Gasteiger partial charge in [0.1, 0.15) is 17.7 Å². The predicted molar refractivity (Wildman–Crippen MR) is 124 cm³/mol. The summed E-state index contributed by atoms with van der Waals surface area (Å²) in [6, 6.07) is 7.10. The SMILES string of the molecule is Cc1c(Cl)cc(CCNc2ncnc3[nH]cnc23)c(-c2cccc(F)c2)c1N(C(=O)O)C(=O)O. The molecule has 34 heavy (non-hydrogen) atoms. The van der Waals surface area contributed by atoms with E-state index in [0.29, 0.717) is 34.7 Å². The molecule has 4 aromatic rings. The molecule has 0 aliphatic carbocycles. The second-order valence-corrected chi connectivity index (χ2v) is 7.68. The van der Waals surface area contributed by atoms with Crippen molar-refractivity contribution in [2.24, 2.45) is 0 Å². The lowest BCUT2D eigenvalue weighted by Crippen LogP contribution is -2.35. The van der Waals surface area contributed by atoms with Gasteiger partial charge in [0.15, 0.2) is 11.5 Å². The van der Waals surface area contributed by atoms with Crippen LogP contribution in [0.25, 0.3) is 22.3 Å². The molecule has 4 N–H and O–H groups in total. The van der Waals surface area contributed by atoms with E-state index >= 15 is 0 Å². The first-order chi connectivity index (χ1) is 16.3. The van der Waals surface area contributed by atoms with E-state index in [2.05, 4.69) is 25.3 Å². The molecule has 0 saturated carbocycles. The van der Waals surface area contributed by atoms with Gasteiger partial charge in [-0.1, -0.05) is 23.7 Å². The molecule has 174 valence electrons. The van der Waals surface area contributed by atoms with Crippen LogP contribution in [0.15, 0.2) is 43.0 Å². The molecule has 0 radical (unpaired) electrons. The quantitative estimate of drug-likeness (QED) is 0.301. The molecular formula is C22H18ClFN6O4. The number of rotatable bonds is 6. The number of carbonyl (C=O) groups is 2. The van der Waals surface area contributed by atoms with Gasteiger partial charge in [-0.3, -0.25) is 0 Å². The topological polar surface area (TPSA) is 144 Å². The Morgan fingerprint density at radius 3 is 2.65 bits per heavy atom. The fourth-order valence-electron chi connectivity index (χ4n) is 3.71. The van der Waals surface area contributed by atoms with Gasteiger partial charge in [0, 0.05) is 17.1 Å². The zero-order chi connectivity index (χ0) is 24.4. The number of nitrogens with one attached hydrogen (secondary N) is 2. The van der Waals surface area contributed by atoms with Crippen LogP contribution < -0.4 is 10.2 Å². The molecule has 0 atom stereocenters. The van der Waals surface area contributed by atoms with Crippen LogP contribution in [-0.4, -0.2) is 48.9 Å². The number of hydrogen-bond donors (Lipinski definition) is 4. The molecule has 0 unspecified atom stereocenters. The molecule has 0 saturated heterocycles. The number of carboxylic acid groups (broad SMARTS) is 2. The van der Waals surface area contributed by atoms with Gasteiger partial charge in [-0.25, -0.2) is 28.9 Å². The van der Waals surface area contributed by atoms with Gasteiger partial charge >= 0.3 is 12.2 Å². The highest BCUT2D eigenvalue weighted by molar-refractivity contribution is 6.32. The van der Waals surface area contributed by atoms with Gasteiger partial charge < -0.3 is 20.5 Å². The molecule has 0 aliphatic heterocycles. The summed E-state index contributed by atoms with van der Waals surface area (Å²) >= 11 is 6.38. The van der Waals surface area contributed by atoms with Crippen molar-refractivity contribution in [1.29, 1.82) is 0 Å². The first-order valence-corrected chi connectivity index (χ1v) is 10.4. The summed E-state index contributed by atoms with van der Waals surface area (Å²) in [7, 11) is 0. The van der Waals surface area contributed by atoms with Crippen molar-refractivity contribution in [3.05, 3.63) is 65.0 Å². The van der Waals surface area contributed by atoms with Crippen molar-refractivity contribution in [2.75, 3.05) is 16.8 Å². The third-order valence-corrected chi connectivity index (χ3v) is 5.59. The Kier molecular flexibility index (Phi) is 6.28. The minimum atomic E-state index is -1.71. The molecule has 2 amide bonds. The number of H-pyrrole nitrogens is 1. The van der Waals surface area contributed by atoms with Crippen molar-refractivity contribution in [3.63, 3.8) is 0 Å². The van der Waals surface area contributed by atoms with E-state index in [1.165, 1.54) is 37.8 Å². The van der Waals surface area contributed by atoms with Gasteiger partial charge in [0.25, 0.3) is 0 Å². The van der Waals surface area contributed by atoms with Crippen LogP contribution in [0.3, 0.4) is 0 Å². The number of halogens is 2. The second-order valence-electron chi connectivity index (χ2n) is 7.28. The fourth-order valence-corrected chi connectivity index (χ4v) is 3.93. The lowest BCUT2D eigenvalue weighted by molar-refractivity contribution is 0.184. The highest BCUT2D eigenvalue weighted by Crippen LogP contribution is 2.41. The number of hydrogen-bond acceptors (Lipinski definition) is 6. The minimum absolute atomic E-state index is 0.148. The summed E-state index contributed by atoms with van der Waals surface area (Å²) in [5, 5.41) is 22.6. The molecule has 2 aromatic heterocycles. The Morgan fingerprint density at radius 2 is 1.94 bits per heavy atom. The average Bonchev–Trinajstić information content (AvgIpc) is 3.26. The van der Waals surface area contributed by atoms with Crippen molar-refractivity contribution < 1.29 is 24.2 Å². The third kappa shape index (κ3) is 4.33. The van der Waals surface area contributed by atoms with E-state index in [1.54, 1.807) is 12.1 Å². The Labute approximate surface area is 197 Å². The number of imidazole rings is 1. The Bertz CT molecular complexity index is 1400. The molecule has 2 heterocycles. The Balaban J connectivity index is 1.80. The third-order valence-electron chi connectivity index (χ3n) is 5.20. The molecule has 0 aliphatic rings. The van der Waals surface area contributed by atoms with Crippen LogP contribution in [0.4, 0.5) is 25.5 Å². The van der Waals surface area contributed by atoms with Gasteiger partial charge in [0.2, 0.25) is 0 Å². The number of benzene rings is 2. The molecule has 4 rings (SSSR count). The zero-order valence-corrected chi connectivity index (χ0v) is 18.5. The molecule has 2 aromatic carbocycles. The lowest BCUT2D eigenvalue weighted by atomic mass is 9.92. The Hall–Kier alpha value is -4.25. The summed E-state index contributed by atoms with van der Waals surface area (Å²) in [6.07, 6.45) is -0.269. The summed E-state index contributed by atoms with van der Waals surface area (Å²) in [6.45, 7) is 1.82. The van der Waals surface area contributed by atoms with Gasteiger partial charge in [-0.15, -0.1) is 0 Å². The Morgan fingerprint density at radius 1 is 1.18 bits per heavy atom. The number of fused-ring (bicyclic) bond motifs is 1. The van der Waals surface area contributed by atoms with Crippen LogP contribution >= 0.6 is 11.6 Å². The van der Waals surface area contributed by atoms with E-state index in [0.717, 1.165) is 0 Å². The zero-order valence-electron chi connectivity index (χ0n) is 17.7. The van der Waals surface area contributed by atoms with Crippen LogP contribution in [0.2, 0.25) is 5.02 Å². The second kappa shape index (κ2) is 9.32.